The normalized spacial score (nSPS) is 15.3. The molecule has 1 fully saturated rings. The predicted molar refractivity (Wildman–Crippen MR) is 83.9 cm³/mol. The van der Waals surface area contributed by atoms with E-state index in [2.05, 4.69) is 26.0 Å². The monoisotopic (exact) mass is 348 g/mol. The molecule has 1 saturated carbocycles. The Morgan fingerprint density at radius 2 is 2.19 bits per heavy atom. The molecular formula is C15H17BrN4O. The lowest BCUT2D eigenvalue weighted by Gasteiger charge is -2.28. The lowest BCUT2D eigenvalue weighted by atomic mass is 10.2. The van der Waals surface area contributed by atoms with E-state index < -0.39 is 0 Å². The van der Waals surface area contributed by atoms with Gasteiger partial charge in [0.2, 0.25) is 5.91 Å². The number of pyridine rings is 1. The molecule has 3 rings (SSSR count). The fourth-order valence-corrected chi connectivity index (χ4v) is 3.14. The van der Waals surface area contributed by atoms with Crippen LogP contribution in [-0.2, 0) is 11.3 Å². The van der Waals surface area contributed by atoms with Crippen LogP contribution in [-0.4, -0.2) is 26.7 Å². The summed E-state index contributed by atoms with van der Waals surface area (Å²) in [6.45, 7) is 0.235. The van der Waals surface area contributed by atoms with Crippen molar-refractivity contribution < 1.29 is 4.79 Å². The largest absolute Gasteiger partial charge is 0.292 e. The number of hydrogen-bond donors (Lipinski definition) is 0. The van der Waals surface area contributed by atoms with Crippen LogP contribution < -0.4 is 4.90 Å². The molecule has 1 aliphatic rings. The van der Waals surface area contributed by atoms with Crippen molar-refractivity contribution in [3.63, 3.8) is 0 Å². The fraction of sp³-hybridized carbons (Fsp3) is 0.400. The van der Waals surface area contributed by atoms with Crippen molar-refractivity contribution in [2.24, 2.45) is 0 Å². The maximum Gasteiger partial charge on any atom is 0.250 e. The first-order valence-electron chi connectivity index (χ1n) is 7.15. The van der Waals surface area contributed by atoms with E-state index in [4.69, 9.17) is 0 Å². The quantitative estimate of drug-likeness (QED) is 0.853. The van der Waals surface area contributed by atoms with E-state index in [1.165, 1.54) is 12.8 Å². The maximum absolute atomic E-state index is 12.7. The Labute approximate surface area is 132 Å². The van der Waals surface area contributed by atoms with Gasteiger partial charge in [-0.15, -0.1) is 0 Å². The van der Waals surface area contributed by atoms with E-state index in [0.717, 1.165) is 23.1 Å². The van der Waals surface area contributed by atoms with Gasteiger partial charge in [0.15, 0.2) is 0 Å². The van der Waals surface area contributed by atoms with E-state index in [1.54, 1.807) is 17.1 Å². The minimum absolute atomic E-state index is 0.0381. The van der Waals surface area contributed by atoms with E-state index in [9.17, 15) is 4.79 Å². The highest BCUT2D eigenvalue weighted by Crippen LogP contribution is 2.27. The van der Waals surface area contributed by atoms with Gasteiger partial charge in [-0.3, -0.25) is 14.4 Å². The van der Waals surface area contributed by atoms with Gasteiger partial charge < -0.3 is 0 Å². The van der Waals surface area contributed by atoms with Crippen LogP contribution in [0.25, 0.3) is 0 Å². The molecule has 1 amide bonds. The van der Waals surface area contributed by atoms with Gasteiger partial charge in [0, 0.05) is 18.4 Å². The van der Waals surface area contributed by atoms with Crippen LogP contribution in [0.3, 0.4) is 0 Å². The van der Waals surface area contributed by atoms with E-state index in [1.807, 2.05) is 29.3 Å². The highest BCUT2D eigenvalue weighted by atomic mass is 79.9. The molecule has 110 valence electrons. The number of anilines is 1. The highest BCUT2D eigenvalue weighted by Gasteiger charge is 2.28. The number of amides is 1. The Hall–Kier alpha value is -1.69. The Bertz CT molecular complexity index is 607. The Kier molecular flexibility index (Phi) is 4.34. The lowest BCUT2D eigenvalue weighted by Crippen LogP contribution is -2.41. The molecule has 0 spiro atoms. The first-order valence-corrected chi connectivity index (χ1v) is 7.94. The summed E-state index contributed by atoms with van der Waals surface area (Å²) in [7, 11) is 0. The average molecular weight is 349 g/mol. The van der Waals surface area contributed by atoms with E-state index >= 15 is 0 Å². The Morgan fingerprint density at radius 1 is 1.38 bits per heavy atom. The number of halogens is 1. The van der Waals surface area contributed by atoms with Crippen molar-refractivity contribution in [1.29, 1.82) is 0 Å². The van der Waals surface area contributed by atoms with Crippen molar-refractivity contribution >= 4 is 27.7 Å². The molecule has 21 heavy (non-hydrogen) atoms. The predicted octanol–water partition coefficient (Wildman–Crippen LogP) is 3.02. The first kappa shape index (κ1) is 14.3. The second-order valence-corrected chi connectivity index (χ2v) is 6.16. The summed E-state index contributed by atoms with van der Waals surface area (Å²) in [5.74, 6) is 0.775. The molecule has 6 heteroatoms. The summed E-state index contributed by atoms with van der Waals surface area (Å²) in [5, 5.41) is 4.16. The minimum Gasteiger partial charge on any atom is -0.292 e. The van der Waals surface area contributed by atoms with Crippen LogP contribution in [0.2, 0.25) is 0 Å². The molecule has 2 heterocycles. The van der Waals surface area contributed by atoms with E-state index in [0.29, 0.717) is 0 Å². The first-order chi connectivity index (χ1) is 10.2. The van der Waals surface area contributed by atoms with Crippen molar-refractivity contribution in [1.82, 2.24) is 14.8 Å². The number of rotatable bonds is 4. The zero-order valence-corrected chi connectivity index (χ0v) is 13.2. The molecule has 2 aromatic rings. The molecule has 2 aromatic heterocycles. The average Bonchev–Trinajstić information content (AvgIpc) is 3.13. The van der Waals surface area contributed by atoms with Crippen LogP contribution in [0.4, 0.5) is 5.82 Å². The third-order valence-corrected chi connectivity index (χ3v) is 4.16. The zero-order valence-electron chi connectivity index (χ0n) is 11.7. The van der Waals surface area contributed by atoms with Crippen molar-refractivity contribution in [2.75, 3.05) is 4.90 Å². The summed E-state index contributed by atoms with van der Waals surface area (Å²) in [4.78, 5) is 18.9. The molecule has 0 radical (unpaired) electrons. The van der Waals surface area contributed by atoms with Crippen LogP contribution in [0.1, 0.15) is 25.7 Å². The minimum atomic E-state index is 0.0381. The second kappa shape index (κ2) is 6.39. The molecule has 5 nitrogen and oxygen atoms in total. The van der Waals surface area contributed by atoms with Crippen LogP contribution in [0.15, 0.2) is 41.3 Å². The van der Waals surface area contributed by atoms with Crippen molar-refractivity contribution in [3.05, 3.63) is 41.3 Å². The highest BCUT2D eigenvalue weighted by molar-refractivity contribution is 9.10. The summed E-state index contributed by atoms with van der Waals surface area (Å²) in [6.07, 6.45) is 9.67. The summed E-state index contributed by atoms with van der Waals surface area (Å²) < 4.78 is 2.53. The van der Waals surface area contributed by atoms with Crippen LogP contribution >= 0.6 is 15.9 Å². The Balaban J connectivity index is 1.82. The molecule has 0 unspecified atom stereocenters. The van der Waals surface area contributed by atoms with Gasteiger partial charge in [0.05, 0.1) is 10.7 Å². The molecule has 0 atom stereocenters. The third kappa shape index (κ3) is 3.32. The van der Waals surface area contributed by atoms with Gasteiger partial charge in [0.1, 0.15) is 12.4 Å². The summed E-state index contributed by atoms with van der Waals surface area (Å²) in [5.41, 5.74) is 0. The number of hydrogen-bond acceptors (Lipinski definition) is 3. The van der Waals surface area contributed by atoms with Gasteiger partial charge in [-0.1, -0.05) is 18.9 Å². The van der Waals surface area contributed by atoms with E-state index in [-0.39, 0.29) is 18.5 Å². The molecule has 0 aliphatic heterocycles. The van der Waals surface area contributed by atoms with Gasteiger partial charge in [-0.25, -0.2) is 4.98 Å². The topological polar surface area (TPSA) is 51.0 Å². The standard InChI is InChI=1S/C15H17BrN4O/c16-12-9-18-19(10-12)11-15(21)20(13-5-1-2-6-13)14-7-3-4-8-17-14/h3-4,7-10,13H,1-2,5-6,11H2. The molecule has 0 saturated heterocycles. The molecule has 0 N–H and O–H groups in total. The second-order valence-electron chi connectivity index (χ2n) is 5.25. The van der Waals surface area contributed by atoms with Gasteiger partial charge >= 0.3 is 0 Å². The van der Waals surface area contributed by atoms with Crippen molar-refractivity contribution in [2.45, 2.75) is 38.3 Å². The molecule has 0 aromatic carbocycles. The third-order valence-electron chi connectivity index (χ3n) is 3.75. The Morgan fingerprint density at radius 3 is 2.81 bits per heavy atom. The molecule has 1 aliphatic carbocycles. The van der Waals surface area contributed by atoms with Gasteiger partial charge in [-0.05, 0) is 40.9 Å². The maximum atomic E-state index is 12.7. The summed E-state index contributed by atoms with van der Waals surface area (Å²) in [6, 6.07) is 5.94. The zero-order chi connectivity index (χ0) is 14.7. The number of aromatic nitrogens is 3. The van der Waals surface area contributed by atoms with Crippen molar-refractivity contribution in [3.8, 4) is 0 Å². The fourth-order valence-electron chi connectivity index (χ4n) is 2.82. The molecule has 0 bridgehead atoms. The number of carbonyl (C=O) groups is 1. The smallest absolute Gasteiger partial charge is 0.250 e. The van der Waals surface area contributed by atoms with Gasteiger partial charge in [0.25, 0.3) is 0 Å². The molecular weight excluding hydrogens is 332 g/mol. The summed E-state index contributed by atoms with van der Waals surface area (Å²) >= 11 is 3.35. The van der Waals surface area contributed by atoms with Gasteiger partial charge in [-0.2, -0.15) is 5.10 Å². The number of nitrogens with zero attached hydrogens (tertiary/aromatic N) is 4. The lowest BCUT2D eigenvalue weighted by molar-refractivity contribution is -0.119. The number of carbonyl (C=O) groups excluding carboxylic acids is 1. The SMILES string of the molecule is O=C(Cn1cc(Br)cn1)N(c1ccccn1)C1CCCC1. The van der Waals surface area contributed by atoms with Crippen LogP contribution in [0, 0.1) is 0 Å². The van der Waals surface area contributed by atoms with Crippen LogP contribution in [0.5, 0.6) is 0 Å².